The normalized spacial score (nSPS) is 15.6. The lowest BCUT2D eigenvalue weighted by atomic mass is 10.1. The molecule has 222 valence electrons. The van der Waals surface area contributed by atoms with Crippen molar-refractivity contribution in [3.8, 4) is 11.5 Å². The molecule has 0 bridgehead atoms. The number of anilines is 2. The number of rotatable bonds is 8. The molecule has 1 amide bonds. The van der Waals surface area contributed by atoms with Crippen LogP contribution in [0, 0.1) is 12.7 Å². The van der Waals surface area contributed by atoms with Crippen LogP contribution >= 0.6 is 0 Å². The van der Waals surface area contributed by atoms with Crippen molar-refractivity contribution in [2.75, 3.05) is 36.5 Å². The molecule has 2 aromatic heterocycles. The Morgan fingerprint density at radius 2 is 1.83 bits per heavy atom. The maximum absolute atomic E-state index is 15.3. The molecular formula is C30H31F4N5O3. The molecule has 1 atom stereocenters. The Bertz CT molecular complexity index is 1570. The van der Waals surface area contributed by atoms with E-state index >= 15 is 4.39 Å². The van der Waals surface area contributed by atoms with E-state index in [4.69, 9.17) is 4.74 Å². The van der Waals surface area contributed by atoms with Crippen LogP contribution in [-0.2, 0) is 6.54 Å². The van der Waals surface area contributed by atoms with Gasteiger partial charge in [0.25, 0.3) is 5.91 Å². The van der Waals surface area contributed by atoms with E-state index in [9.17, 15) is 18.0 Å². The monoisotopic (exact) mass is 585 g/mol. The number of benzene rings is 2. The zero-order valence-corrected chi connectivity index (χ0v) is 23.4. The summed E-state index contributed by atoms with van der Waals surface area (Å²) in [4.78, 5) is 17.1. The van der Waals surface area contributed by atoms with Crippen LogP contribution in [0.15, 0.2) is 60.8 Å². The van der Waals surface area contributed by atoms with E-state index in [0.29, 0.717) is 53.4 Å². The zero-order valence-electron chi connectivity index (χ0n) is 23.4. The van der Waals surface area contributed by atoms with Gasteiger partial charge in [-0.1, -0.05) is 13.0 Å². The van der Waals surface area contributed by atoms with Crippen molar-refractivity contribution in [1.82, 2.24) is 14.9 Å². The molecule has 0 spiro atoms. The number of fused-ring (bicyclic) bond motifs is 1. The molecule has 5 rings (SSSR count). The van der Waals surface area contributed by atoms with Gasteiger partial charge in [-0.15, -0.1) is 13.2 Å². The number of nitrogens with one attached hydrogen (secondary N) is 1. The second-order valence-electron chi connectivity index (χ2n) is 10.1. The van der Waals surface area contributed by atoms with Gasteiger partial charge < -0.3 is 24.6 Å². The predicted molar refractivity (Wildman–Crippen MR) is 151 cm³/mol. The average molecular weight is 586 g/mol. The first-order chi connectivity index (χ1) is 20.1. The highest BCUT2D eigenvalue weighted by Crippen LogP contribution is 2.30. The third kappa shape index (κ3) is 6.22. The number of aryl methyl sites for hydroxylation is 1. The van der Waals surface area contributed by atoms with Crippen LogP contribution in [-0.4, -0.2) is 54.7 Å². The third-order valence-electron chi connectivity index (χ3n) is 7.41. The van der Waals surface area contributed by atoms with Crippen LogP contribution in [0.1, 0.15) is 35.0 Å². The second kappa shape index (κ2) is 11.8. The van der Waals surface area contributed by atoms with Gasteiger partial charge >= 0.3 is 6.36 Å². The smallest absolute Gasteiger partial charge is 0.497 e. The van der Waals surface area contributed by atoms with Gasteiger partial charge in [-0.2, -0.15) is 5.10 Å². The Hall–Kier alpha value is -4.48. The lowest BCUT2D eigenvalue weighted by Gasteiger charge is -2.43. The van der Waals surface area contributed by atoms with Gasteiger partial charge in [0.05, 0.1) is 29.6 Å². The average Bonchev–Trinajstić information content (AvgIpc) is 3.30. The highest BCUT2D eigenvalue weighted by molar-refractivity contribution is 6.02. The minimum Gasteiger partial charge on any atom is -0.497 e. The van der Waals surface area contributed by atoms with E-state index in [1.54, 1.807) is 61.1 Å². The number of methoxy groups -OCH3 is 1. The number of ether oxygens (including phenoxy) is 2. The molecule has 1 aliphatic heterocycles. The summed E-state index contributed by atoms with van der Waals surface area (Å²) >= 11 is 0. The van der Waals surface area contributed by atoms with Crippen LogP contribution in [0.3, 0.4) is 0 Å². The summed E-state index contributed by atoms with van der Waals surface area (Å²) in [5, 5.41) is 7.24. The number of alkyl halides is 3. The summed E-state index contributed by atoms with van der Waals surface area (Å²) in [6.45, 7) is 5.55. The number of amides is 1. The second-order valence-corrected chi connectivity index (χ2v) is 10.1. The minimum atomic E-state index is -4.74. The third-order valence-corrected chi connectivity index (χ3v) is 7.41. The number of piperazine rings is 1. The van der Waals surface area contributed by atoms with E-state index < -0.39 is 12.2 Å². The molecule has 8 nitrogen and oxygen atoms in total. The summed E-state index contributed by atoms with van der Waals surface area (Å²) in [5.74, 6) is -0.380. The Morgan fingerprint density at radius 1 is 1.07 bits per heavy atom. The Labute approximate surface area is 240 Å². The number of pyridine rings is 1. The van der Waals surface area contributed by atoms with Crippen molar-refractivity contribution in [3.63, 3.8) is 0 Å². The summed E-state index contributed by atoms with van der Waals surface area (Å²) in [6, 6.07) is 14.3. The molecule has 0 aliphatic carbocycles. The van der Waals surface area contributed by atoms with Crippen LogP contribution in [0.25, 0.3) is 5.52 Å². The molecular weight excluding hydrogens is 554 g/mol. The number of halogens is 4. The Balaban J connectivity index is 1.23. The van der Waals surface area contributed by atoms with E-state index in [1.165, 1.54) is 18.2 Å². The first-order valence-electron chi connectivity index (χ1n) is 13.5. The van der Waals surface area contributed by atoms with Gasteiger partial charge in [0, 0.05) is 50.2 Å². The number of carbonyl (C=O) groups is 1. The molecule has 42 heavy (non-hydrogen) atoms. The fourth-order valence-corrected chi connectivity index (χ4v) is 5.34. The molecule has 0 unspecified atom stereocenters. The van der Waals surface area contributed by atoms with Crippen molar-refractivity contribution in [2.24, 2.45) is 0 Å². The highest BCUT2D eigenvalue weighted by atomic mass is 19.4. The number of nitrogens with zero attached hydrogens (tertiary/aromatic N) is 4. The lowest BCUT2D eigenvalue weighted by molar-refractivity contribution is -0.274. The van der Waals surface area contributed by atoms with Crippen molar-refractivity contribution >= 4 is 22.8 Å². The SMILES string of the molecule is CC[C@H]1CN(c2ccc(CNC(=O)c3c(C)nn4ccc(OC)cc34)cc2F)CCN1c1ccc(OC(F)(F)F)cc1. The van der Waals surface area contributed by atoms with E-state index in [-0.39, 0.29) is 24.2 Å². The highest BCUT2D eigenvalue weighted by Gasteiger charge is 2.32. The lowest BCUT2D eigenvalue weighted by Crippen LogP contribution is -2.53. The molecule has 0 saturated carbocycles. The van der Waals surface area contributed by atoms with Crippen LogP contribution in [0.4, 0.5) is 28.9 Å². The number of hydrogen-bond donors (Lipinski definition) is 1. The topological polar surface area (TPSA) is 71.3 Å². The van der Waals surface area contributed by atoms with Gasteiger partial charge in [-0.25, -0.2) is 8.91 Å². The molecule has 4 aromatic rings. The predicted octanol–water partition coefficient (Wildman–Crippen LogP) is 5.72. The van der Waals surface area contributed by atoms with Gasteiger partial charge in [0.15, 0.2) is 0 Å². The molecule has 3 heterocycles. The Morgan fingerprint density at radius 3 is 2.50 bits per heavy atom. The van der Waals surface area contributed by atoms with Crippen molar-refractivity contribution in [2.45, 2.75) is 39.2 Å². The maximum Gasteiger partial charge on any atom is 0.573 e. The quantitative estimate of drug-likeness (QED) is 0.267. The molecule has 12 heteroatoms. The first kappa shape index (κ1) is 29.0. The number of hydrogen-bond acceptors (Lipinski definition) is 6. The van der Waals surface area contributed by atoms with Crippen LogP contribution in [0.2, 0.25) is 0 Å². The zero-order chi connectivity index (χ0) is 30.0. The van der Waals surface area contributed by atoms with Crippen molar-refractivity contribution < 1.29 is 31.8 Å². The van der Waals surface area contributed by atoms with E-state index in [1.807, 2.05) is 11.8 Å². The van der Waals surface area contributed by atoms with Gasteiger partial charge in [-0.05, 0) is 61.4 Å². The fourth-order valence-electron chi connectivity index (χ4n) is 5.34. The summed E-state index contributed by atoms with van der Waals surface area (Å²) in [7, 11) is 1.55. The fraction of sp³-hybridized carbons (Fsp3) is 0.333. The molecule has 1 N–H and O–H groups in total. The van der Waals surface area contributed by atoms with Crippen molar-refractivity contribution in [1.29, 1.82) is 0 Å². The minimum absolute atomic E-state index is 0.0270. The number of aromatic nitrogens is 2. The van der Waals surface area contributed by atoms with Crippen LogP contribution < -0.4 is 24.6 Å². The molecule has 1 saturated heterocycles. The largest absolute Gasteiger partial charge is 0.573 e. The molecule has 1 aliphatic rings. The maximum atomic E-state index is 15.3. The Kier molecular flexibility index (Phi) is 8.15. The van der Waals surface area contributed by atoms with Crippen LogP contribution in [0.5, 0.6) is 11.5 Å². The standard InChI is InChI=1S/C30H31F4N5O3/c1-4-21-18-37(13-14-38(21)22-6-8-23(9-7-22)42-30(32,33)34)26-10-5-20(15-25(26)31)17-35-29(40)28-19(2)36-39-12-11-24(41-3)16-27(28)39/h5-12,15-16,21H,4,13-14,17-18H2,1-3H3,(H,35,40)/t21-/m0/s1. The molecule has 1 fully saturated rings. The van der Waals surface area contributed by atoms with Gasteiger partial charge in [0.1, 0.15) is 17.3 Å². The molecule has 2 aromatic carbocycles. The van der Waals surface area contributed by atoms with E-state index in [2.05, 4.69) is 20.1 Å². The van der Waals surface area contributed by atoms with Gasteiger partial charge in [-0.3, -0.25) is 4.79 Å². The van der Waals surface area contributed by atoms with Crippen molar-refractivity contribution in [3.05, 3.63) is 83.4 Å². The summed E-state index contributed by atoms with van der Waals surface area (Å²) < 4.78 is 63.7. The number of carbonyl (C=O) groups excluding carboxylic acids is 1. The summed E-state index contributed by atoms with van der Waals surface area (Å²) in [5.41, 5.74) is 3.46. The summed E-state index contributed by atoms with van der Waals surface area (Å²) in [6.07, 6.45) is -2.26. The van der Waals surface area contributed by atoms with Gasteiger partial charge in [0.2, 0.25) is 0 Å². The molecule has 0 radical (unpaired) electrons. The first-order valence-corrected chi connectivity index (χ1v) is 13.5. The van der Waals surface area contributed by atoms with E-state index in [0.717, 1.165) is 12.1 Å².